The SMILES string of the molecule is c1ccc(-c2cccc(-c3ccc(-c4cc5ccccc5c5ccccc45)cc3-c3c4ccccc4c(-c4ccccc4)c4ccccc34)c2)cc1. The summed E-state index contributed by atoms with van der Waals surface area (Å²) in [4.78, 5) is 0. The fraction of sp³-hybridized carbons (Fsp3) is 0. The minimum atomic E-state index is 1.20. The van der Waals surface area contributed by atoms with Gasteiger partial charge in [-0.1, -0.05) is 188 Å². The molecule has 0 N–H and O–H groups in total. The van der Waals surface area contributed by atoms with Gasteiger partial charge in [0.1, 0.15) is 0 Å². The van der Waals surface area contributed by atoms with Gasteiger partial charge in [-0.15, -0.1) is 0 Å². The number of hydrogen-bond donors (Lipinski definition) is 0. The molecule has 0 heteroatoms. The maximum Gasteiger partial charge on any atom is -0.00199 e. The molecule has 0 aliphatic rings. The van der Waals surface area contributed by atoms with Crippen LogP contribution in [0.25, 0.3) is 98.7 Å². The zero-order valence-electron chi connectivity index (χ0n) is 28.6. The third kappa shape index (κ3) is 5.00. The molecule has 0 radical (unpaired) electrons. The Bertz CT molecular complexity index is 2880. The molecule has 0 spiro atoms. The molecule has 0 aliphatic heterocycles. The van der Waals surface area contributed by atoms with Crippen LogP contribution in [0, 0.1) is 0 Å². The second-order valence-corrected chi connectivity index (χ2v) is 13.6. The Morgan fingerprint density at radius 1 is 0.192 bits per heavy atom. The smallest absolute Gasteiger partial charge is 0.00199 e. The van der Waals surface area contributed by atoms with E-state index in [2.05, 4.69) is 206 Å². The monoisotopic (exact) mass is 658 g/mol. The third-order valence-corrected chi connectivity index (χ3v) is 10.6. The molecule has 242 valence electrons. The standard InChI is InChI=1S/C52H34/c1-3-16-35(17-4-1)37-21-15-22-38(32-37)42-31-30-40(49-33-39-20-7-8-23-41(39)43-24-9-10-25-44(43)49)34-50(42)52-47-28-13-11-26-45(47)51(36-18-5-2-6-19-36)46-27-12-14-29-48(46)52/h1-34H. The fourth-order valence-corrected chi connectivity index (χ4v) is 8.29. The van der Waals surface area contributed by atoms with Crippen LogP contribution in [-0.4, -0.2) is 0 Å². The summed E-state index contributed by atoms with van der Waals surface area (Å²) in [5.74, 6) is 0. The number of hydrogen-bond acceptors (Lipinski definition) is 0. The highest BCUT2D eigenvalue weighted by molar-refractivity contribution is 6.23. The molecule has 0 nitrogen and oxygen atoms in total. The van der Waals surface area contributed by atoms with Crippen LogP contribution < -0.4 is 0 Å². The van der Waals surface area contributed by atoms with Crippen molar-refractivity contribution in [2.75, 3.05) is 0 Å². The molecule has 0 heterocycles. The van der Waals surface area contributed by atoms with Gasteiger partial charge in [0.05, 0.1) is 0 Å². The lowest BCUT2D eigenvalue weighted by molar-refractivity contribution is 1.58. The minimum absolute atomic E-state index is 1.20. The summed E-state index contributed by atoms with van der Waals surface area (Å²) < 4.78 is 0. The van der Waals surface area contributed by atoms with Crippen LogP contribution in [0.5, 0.6) is 0 Å². The van der Waals surface area contributed by atoms with Crippen molar-refractivity contribution in [1.82, 2.24) is 0 Å². The topological polar surface area (TPSA) is 0 Å². The van der Waals surface area contributed by atoms with E-state index >= 15 is 0 Å². The van der Waals surface area contributed by atoms with Gasteiger partial charge in [-0.2, -0.15) is 0 Å². The first-order valence-electron chi connectivity index (χ1n) is 18.0. The second kappa shape index (κ2) is 12.5. The van der Waals surface area contributed by atoms with Crippen molar-refractivity contribution in [3.8, 4) is 55.6 Å². The Balaban J connectivity index is 1.32. The molecule has 10 rings (SSSR count). The maximum atomic E-state index is 2.46. The summed E-state index contributed by atoms with van der Waals surface area (Å²) in [6.07, 6.45) is 0. The first-order chi connectivity index (χ1) is 25.8. The van der Waals surface area contributed by atoms with E-state index in [1.807, 2.05) is 0 Å². The normalized spacial score (nSPS) is 11.5. The van der Waals surface area contributed by atoms with E-state index < -0.39 is 0 Å². The Kier molecular flexibility index (Phi) is 7.25. The molecule has 0 fully saturated rings. The van der Waals surface area contributed by atoms with Gasteiger partial charge in [-0.05, 0) is 117 Å². The van der Waals surface area contributed by atoms with Gasteiger partial charge >= 0.3 is 0 Å². The molecule has 10 aromatic carbocycles. The first kappa shape index (κ1) is 30.1. The molecule has 0 amide bonds. The van der Waals surface area contributed by atoms with Crippen molar-refractivity contribution in [2.45, 2.75) is 0 Å². The minimum Gasteiger partial charge on any atom is -0.0622 e. The average Bonchev–Trinajstić information content (AvgIpc) is 3.23. The van der Waals surface area contributed by atoms with Crippen LogP contribution in [0.15, 0.2) is 206 Å². The molecule has 0 saturated heterocycles. The lowest BCUT2D eigenvalue weighted by Gasteiger charge is -2.21. The van der Waals surface area contributed by atoms with E-state index in [0.29, 0.717) is 0 Å². The molecular formula is C52H34. The van der Waals surface area contributed by atoms with E-state index in [-0.39, 0.29) is 0 Å². The van der Waals surface area contributed by atoms with Crippen molar-refractivity contribution in [3.63, 3.8) is 0 Å². The van der Waals surface area contributed by atoms with Crippen LogP contribution in [0.4, 0.5) is 0 Å². The molecule has 0 saturated carbocycles. The lowest BCUT2D eigenvalue weighted by atomic mass is 9.82. The molecule has 10 aromatic rings. The maximum absolute atomic E-state index is 2.46. The molecule has 0 aliphatic carbocycles. The van der Waals surface area contributed by atoms with Gasteiger partial charge in [0.2, 0.25) is 0 Å². The van der Waals surface area contributed by atoms with Gasteiger partial charge < -0.3 is 0 Å². The summed E-state index contributed by atoms with van der Waals surface area (Å²) >= 11 is 0. The summed E-state index contributed by atoms with van der Waals surface area (Å²) in [5, 5.41) is 10.1. The molecule has 0 unspecified atom stereocenters. The predicted octanol–water partition coefficient (Wildman–Crippen LogP) is 14.6. The van der Waals surface area contributed by atoms with Gasteiger partial charge in [0, 0.05) is 0 Å². The second-order valence-electron chi connectivity index (χ2n) is 13.6. The lowest BCUT2D eigenvalue weighted by Crippen LogP contribution is -1.94. The van der Waals surface area contributed by atoms with Gasteiger partial charge in [0.25, 0.3) is 0 Å². The Morgan fingerprint density at radius 2 is 0.673 bits per heavy atom. The van der Waals surface area contributed by atoms with Gasteiger partial charge in [-0.3, -0.25) is 0 Å². The van der Waals surface area contributed by atoms with E-state index in [1.54, 1.807) is 0 Å². The molecule has 0 bridgehead atoms. The van der Waals surface area contributed by atoms with E-state index in [0.717, 1.165) is 0 Å². The van der Waals surface area contributed by atoms with E-state index in [4.69, 9.17) is 0 Å². The van der Waals surface area contributed by atoms with E-state index in [9.17, 15) is 0 Å². The van der Waals surface area contributed by atoms with E-state index in [1.165, 1.54) is 98.7 Å². The fourth-order valence-electron chi connectivity index (χ4n) is 8.29. The summed E-state index contributed by atoms with van der Waals surface area (Å²) in [6.45, 7) is 0. The van der Waals surface area contributed by atoms with Gasteiger partial charge in [-0.25, -0.2) is 0 Å². The quantitative estimate of drug-likeness (QED) is 0.128. The Morgan fingerprint density at radius 3 is 1.35 bits per heavy atom. The van der Waals surface area contributed by atoms with Crippen LogP contribution in [0.1, 0.15) is 0 Å². The summed E-state index contributed by atoms with van der Waals surface area (Å²) in [6, 6.07) is 75.6. The van der Waals surface area contributed by atoms with Gasteiger partial charge in [0.15, 0.2) is 0 Å². The largest absolute Gasteiger partial charge is 0.0622 e. The third-order valence-electron chi connectivity index (χ3n) is 10.6. The highest BCUT2D eigenvalue weighted by Gasteiger charge is 2.20. The van der Waals surface area contributed by atoms with Crippen molar-refractivity contribution >= 4 is 43.1 Å². The summed E-state index contributed by atoms with van der Waals surface area (Å²) in [5.41, 5.74) is 12.3. The van der Waals surface area contributed by atoms with Crippen LogP contribution in [-0.2, 0) is 0 Å². The number of rotatable bonds is 5. The predicted molar refractivity (Wildman–Crippen MR) is 224 cm³/mol. The zero-order chi connectivity index (χ0) is 34.4. The van der Waals surface area contributed by atoms with Crippen LogP contribution in [0.2, 0.25) is 0 Å². The van der Waals surface area contributed by atoms with Crippen LogP contribution in [0.3, 0.4) is 0 Å². The Labute approximate surface area is 303 Å². The van der Waals surface area contributed by atoms with Crippen LogP contribution >= 0.6 is 0 Å². The number of fused-ring (bicyclic) bond motifs is 5. The Hall–Kier alpha value is -6.76. The first-order valence-corrected chi connectivity index (χ1v) is 18.0. The molecular weight excluding hydrogens is 625 g/mol. The van der Waals surface area contributed by atoms with Crippen molar-refractivity contribution in [3.05, 3.63) is 206 Å². The van der Waals surface area contributed by atoms with Crippen molar-refractivity contribution in [2.24, 2.45) is 0 Å². The summed E-state index contributed by atoms with van der Waals surface area (Å²) in [7, 11) is 0. The molecule has 52 heavy (non-hydrogen) atoms. The number of benzene rings is 10. The van der Waals surface area contributed by atoms with Crippen molar-refractivity contribution in [1.29, 1.82) is 0 Å². The molecule has 0 aromatic heterocycles. The molecule has 0 atom stereocenters. The zero-order valence-corrected chi connectivity index (χ0v) is 28.6. The van der Waals surface area contributed by atoms with Crippen molar-refractivity contribution < 1.29 is 0 Å². The average molecular weight is 659 g/mol. The highest BCUT2D eigenvalue weighted by Crippen LogP contribution is 2.48. The highest BCUT2D eigenvalue weighted by atomic mass is 14.2.